The van der Waals surface area contributed by atoms with Crippen LogP contribution in [0.2, 0.25) is 0 Å². The van der Waals surface area contributed by atoms with Crippen LogP contribution in [0.3, 0.4) is 0 Å². The van der Waals surface area contributed by atoms with Crippen molar-refractivity contribution < 1.29 is 9.90 Å². The number of hydrogen-bond donors (Lipinski definition) is 2. The van der Waals surface area contributed by atoms with E-state index in [0.29, 0.717) is 22.5 Å². The SMILES string of the molecule is O=C(Nc1ccc(N=Cc2ccccc2O)cc1Br)c1ccccc1. The zero-order chi connectivity index (χ0) is 17.6. The standard InChI is InChI=1S/C20H15BrN2O2/c21-17-12-16(22-13-15-8-4-5-9-19(15)24)10-11-18(17)23-20(25)14-6-2-1-3-7-14/h1-13,24H,(H,23,25). The normalized spacial score (nSPS) is 10.8. The molecule has 0 saturated heterocycles. The Morgan fingerprint density at radius 2 is 1.72 bits per heavy atom. The lowest BCUT2D eigenvalue weighted by Gasteiger charge is -2.08. The highest BCUT2D eigenvalue weighted by atomic mass is 79.9. The number of aliphatic imine (C=N–C) groups is 1. The Labute approximate surface area is 154 Å². The molecule has 0 heterocycles. The Kier molecular flexibility index (Phi) is 5.26. The summed E-state index contributed by atoms with van der Waals surface area (Å²) in [4.78, 5) is 16.6. The molecule has 5 heteroatoms. The van der Waals surface area contributed by atoms with Crippen molar-refractivity contribution in [2.45, 2.75) is 0 Å². The third kappa shape index (κ3) is 4.33. The molecule has 0 aliphatic rings. The number of hydrogen-bond acceptors (Lipinski definition) is 3. The fourth-order valence-corrected chi connectivity index (χ4v) is 2.68. The van der Waals surface area contributed by atoms with Crippen molar-refractivity contribution in [3.8, 4) is 5.75 Å². The van der Waals surface area contributed by atoms with Gasteiger partial charge in [-0.25, -0.2) is 0 Å². The summed E-state index contributed by atoms with van der Waals surface area (Å²) in [6.45, 7) is 0. The van der Waals surface area contributed by atoms with Crippen molar-refractivity contribution in [1.29, 1.82) is 0 Å². The van der Waals surface area contributed by atoms with Crippen LogP contribution >= 0.6 is 15.9 Å². The van der Waals surface area contributed by atoms with Gasteiger partial charge in [0.1, 0.15) is 5.75 Å². The van der Waals surface area contributed by atoms with Crippen molar-refractivity contribution in [3.05, 3.63) is 88.4 Å². The molecule has 2 N–H and O–H groups in total. The second-order valence-corrected chi connectivity index (χ2v) is 6.16. The number of anilines is 1. The van der Waals surface area contributed by atoms with Crippen LogP contribution in [-0.4, -0.2) is 17.2 Å². The van der Waals surface area contributed by atoms with Crippen LogP contribution in [-0.2, 0) is 0 Å². The second kappa shape index (κ2) is 7.77. The highest BCUT2D eigenvalue weighted by Gasteiger charge is 2.08. The number of nitrogens with zero attached hydrogens (tertiary/aromatic N) is 1. The molecule has 4 nitrogen and oxygen atoms in total. The van der Waals surface area contributed by atoms with Crippen LogP contribution in [0.15, 0.2) is 82.3 Å². The van der Waals surface area contributed by atoms with Crippen LogP contribution in [0.25, 0.3) is 0 Å². The average Bonchev–Trinajstić information content (AvgIpc) is 2.64. The molecule has 25 heavy (non-hydrogen) atoms. The van der Waals surface area contributed by atoms with Crippen LogP contribution in [0, 0.1) is 0 Å². The Bertz CT molecular complexity index is 924. The van der Waals surface area contributed by atoms with Gasteiger partial charge in [0.05, 0.1) is 11.4 Å². The van der Waals surface area contributed by atoms with Crippen molar-refractivity contribution in [1.82, 2.24) is 0 Å². The van der Waals surface area contributed by atoms with E-state index in [4.69, 9.17) is 0 Å². The van der Waals surface area contributed by atoms with Crippen molar-refractivity contribution in [2.24, 2.45) is 4.99 Å². The molecular weight excluding hydrogens is 380 g/mol. The van der Waals surface area contributed by atoms with E-state index < -0.39 is 0 Å². The van der Waals surface area contributed by atoms with Gasteiger partial charge in [0.15, 0.2) is 0 Å². The molecule has 3 aromatic rings. The molecule has 0 unspecified atom stereocenters. The van der Waals surface area contributed by atoms with E-state index in [1.807, 2.05) is 24.3 Å². The molecule has 0 atom stereocenters. The number of para-hydroxylation sites is 1. The van der Waals surface area contributed by atoms with E-state index in [0.717, 1.165) is 4.47 Å². The molecule has 3 aromatic carbocycles. The smallest absolute Gasteiger partial charge is 0.255 e. The third-order valence-corrected chi connectivity index (χ3v) is 4.18. The van der Waals surface area contributed by atoms with E-state index >= 15 is 0 Å². The quantitative estimate of drug-likeness (QED) is 0.600. The lowest BCUT2D eigenvalue weighted by molar-refractivity contribution is 0.102. The van der Waals surface area contributed by atoms with E-state index in [1.165, 1.54) is 0 Å². The summed E-state index contributed by atoms with van der Waals surface area (Å²) in [5.74, 6) is 0.00354. The van der Waals surface area contributed by atoms with Gasteiger partial charge in [-0.2, -0.15) is 0 Å². The van der Waals surface area contributed by atoms with Crippen molar-refractivity contribution >= 4 is 39.4 Å². The summed E-state index contributed by atoms with van der Waals surface area (Å²) >= 11 is 3.45. The molecule has 124 valence electrons. The molecule has 0 radical (unpaired) electrons. The molecule has 0 saturated carbocycles. The van der Waals surface area contributed by atoms with Gasteiger partial charge in [-0.05, 0) is 58.4 Å². The fraction of sp³-hybridized carbons (Fsp3) is 0. The number of phenolic OH excluding ortho intramolecular Hbond substituents is 1. The fourth-order valence-electron chi connectivity index (χ4n) is 2.21. The number of benzene rings is 3. The van der Waals surface area contributed by atoms with Gasteiger partial charge >= 0.3 is 0 Å². The largest absolute Gasteiger partial charge is 0.507 e. The maximum atomic E-state index is 12.2. The van der Waals surface area contributed by atoms with Crippen LogP contribution in [0.1, 0.15) is 15.9 Å². The Balaban J connectivity index is 1.75. The molecule has 1 amide bonds. The summed E-state index contributed by atoms with van der Waals surface area (Å²) in [6.07, 6.45) is 1.60. The summed E-state index contributed by atoms with van der Waals surface area (Å²) < 4.78 is 0.726. The number of amides is 1. The first-order valence-electron chi connectivity index (χ1n) is 7.61. The molecule has 0 bridgehead atoms. The van der Waals surface area contributed by atoms with Crippen molar-refractivity contribution in [2.75, 3.05) is 5.32 Å². The first kappa shape index (κ1) is 16.9. The molecular formula is C20H15BrN2O2. The summed E-state index contributed by atoms with van der Waals surface area (Å²) in [5, 5.41) is 12.6. The molecule has 0 spiro atoms. The second-order valence-electron chi connectivity index (χ2n) is 5.30. The topological polar surface area (TPSA) is 61.7 Å². The maximum Gasteiger partial charge on any atom is 0.255 e. The van der Waals surface area contributed by atoms with Gasteiger partial charge in [0, 0.05) is 21.8 Å². The third-order valence-electron chi connectivity index (χ3n) is 3.53. The predicted molar refractivity (Wildman–Crippen MR) is 104 cm³/mol. The van der Waals surface area contributed by atoms with Gasteiger partial charge in [0.2, 0.25) is 0 Å². The Morgan fingerprint density at radius 3 is 2.44 bits per heavy atom. The lowest BCUT2D eigenvalue weighted by atomic mass is 10.2. The van der Waals surface area contributed by atoms with E-state index in [-0.39, 0.29) is 11.7 Å². The lowest BCUT2D eigenvalue weighted by Crippen LogP contribution is -2.11. The van der Waals surface area contributed by atoms with Gasteiger partial charge in [-0.15, -0.1) is 0 Å². The highest BCUT2D eigenvalue weighted by Crippen LogP contribution is 2.28. The van der Waals surface area contributed by atoms with Gasteiger partial charge in [-0.1, -0.05) is 30.3 Å². The van der Waals surface area contributed by atoms with Gasteiger partial charge in [-0.3, -0.25) is 9.79 Å². The Hall–Kier alpha value is -2.92. The van der Waals surface area contributed by atoms with Crippen LogP contribution < -0.4 is 5.32 Å². The van der Waals surface area contributed by atoms with Crippen molar-refractivity contribution in [3.63, 3.8) is 0 Å². The number of nitrogens with one attached hydrogen (secondary N) is 1. The number of phenols is 1. The van der Waals surface area contributed by atoms with Crippen LogP contribution in [0.5, 0.6) is 5.75 Å². The number of carbonyl (C=O) groups is 1. The maximum absolute atomic E-state index is 12.2. The van der Waals surface area contributed by atoms with Gasteiger partial charge < -0.3 is 10.4 Å². The number of aromatic hydroxyl groups is 1. The summed E-state index contributed by atoms with van der Waals surface area (Å²) in [7, 11) is 0. The minimum atomic E-state index is -0.174. The van der Waals surface area contributed by atoms with E-state index in [2.05, 4.69) is 26.2 Å². The summed E-state index contributed by atoms with van der Waals surface area (Å²) in [5.41, 5.74) is 2.60. The van der Waals surface area contributed by atoms with E-state index in [1.54, 1.807) is 54.7 Å². The minimum Gasteiger partial charge on any atom is -0.507 e. The van der Waals surface area contributed by atoms with Gasteiger partial charge in [0.25, 0.3) is 5.91 Å². The number of rotatable bonds is 4. The zero-order valence-corrected chi connectivity index (χ0v) is 14.8. The molecule has 0 aliphatic carbocycles. The zero-order valence-electron chi connectivity index (χ0n) is 13.2. The number of carbonyl (C=O) groups excluding carboxylic acids is 1. The highest BCUT2D eigenvalue weighted by molar-refractivity contribution is 9.10. The predicted octanol–water partition coefficient (Wildman–Crippen LogP) is 5.16. The first-order valence-corrected chi connectivity index (χ1v) is 8.41. The molecule has 3 rings (SSSR count). The van der Waals surface area contributed by atoms with E-state index in [9.17, 15) is 9.90 Å². The summed E-state index contributed by atoms with van der Waals surface area (Å²) in [6, 6.07) is 21.4. The number of halogens is 1. The average molecular weight is 395 g/mol. The first-order chi connectivity index (χ1) is 12.1. The Morgan fingerprint density at radius 1 is 1.00 bits per heavy atom. The molecule has 0 aromatic heterocycles. The molecule has 0 aliphatic heterocycles. The minimum absolute atomic E-state index is 0.174. The molecule has 0 fully saturated rings. The monoisotopic (exact) mass is 394 g/mol. The van der Waals surface area contributed by atoms with Crippen LogP contribution in [0.4, 0.5) is 11.4 Å².